The summed E-state index contributed by atoms with van der Waals surface area (Å²) in [7, 11) is 0. The SMILES string of the molecule is CCOC(=O)C(C)N1C(=O)/C(=C/c2cccc(O)c2)SC1=S. The van der Waals surface area contributed by atoms with Crippen LogP contribution in [-0.4, -0.2) is 38.9 Å². The average Bonchev–Trinajstić information content (AvgIpc) is 2.73. The highest BCUT2D eigenvalue weighted by Crippen LogP contribution is 2.34. The van der Waals surface area contributed by atoms with E-state index in [-0.39, 0.29) is 18.3 Å². The second kappa shape index (κ2) is 6.93. The Bertz CT molecular complexity index is 657. The molecule has 0 radical (unpaired) electrons. The zero-order valence-electron chi connectivity index (χ0n) is 12.1. The van der Waals surface area contributed by atoms with Gasteiger partial charge in [-0.15, -0.1) is 0 Å². The van der Waals surface area contributed by atoms with Gasteiger partial charge in [0.1, 0.15) is 16.1 Å². The van der Waals surface area contributed by atoms with Crippen molar-refractivity contribution < 1.29 is 19.4 Å². The number of thiocarbonyl (C=S) groups is 1. The molecule has 1 atom stereocenters. The molecular formula is C15H15NO4S2. The Morgan fingerprint density at radius 2 is 2.27 bits per heavy atom. The number of amides is 1. The summed E-state index contributed by atoms with van der Waals surface area (Å²) in [6, 6.07) is 5.78. The van der Waals surface area contributed by atoms with Crippen LogP contribution in [0.15, 0.2) is 29.2 Å². The normalized spacial score (nSPS) is 17.9. The number of aromatic hydroxyl groups is 1. The number of rotatable bonds is 4. The van der Waals surface area contributed by atoms with E-state index in [4.69, 9.17) is 17.0 Å². The average molecular weight is 337 g/mol. The lowest BCUT2D eigenvalue weighted by Gasteiger charge is -2.21. The van der Waals surface area contributed by atoms with Crippen molar-refractivity contribution in [3.05, 3.63) is 34.7 Å². The zero-order chi connectivity index (χ0) is 16.3. The number of thioether (sulfide) groups is 1. The predicted molar refractivity (Wildman–Crippen MR) is 89.2 cm³/mol. The maximum Gasteiger partial charge on any atom is 0.329 e. The Balaban J connectivity index is 2.23. The summed E-state index contributed by atoms with van der Waals surface area (Å²) in [5.41, 5.74) is 0.685. The van der Waals surface area contributed by atoms with Gasteiger partial charge in [-0.05, 0) is 37.6 Å². The van der Waals surface area contributed by atoms with Crippen LogP contribution in [0, 0.1) is 0 Å². The molecule has 22 heavy (non-hydrogen) atoms. The molecule has 1 N–H and O–H groups in total. The van der Waals surface area contributed by atoms with Crippen molar-refractivity contribution in [1.82, 2.24) is 4.90 Å². The summed E-state index contributed by atoms with van der Waals surface area (Å²) in [5.74, 6) is -0.708. The molecule has 1 heterocycles. The van der Waals surface area contributed by atoms with E-state index in [9.17, 15) is 14.7 Å². The van der Waals surface area contributed by atoms with E-state index in [1.807, 2.05) is 0 Å². The van der Waals surface area contributed by atoms with Crippen molar-refractivity contribution in [2.75, 3.05) is 6.61 Å². The number of carbonyl (C=O) groups is 2. The molecule has 1 aromatic rings. The minimum atomic E-state index is -0.762. The maximum absolute atomic E-state index is 12.4. The molecule has 0 saturated carbocycles. The maximum atomic E-state index is 12.4. The minimum absolute atomic E-state index is 0.115. The first-order valence-corrected chi connectivity index (χ1v) is 7.89. The zero-order valence-corrected chi connectivity index (χ0v) is 13.7. The molecule has 0 aliphatic carbocycles. The summed E-state index contributed by atoms with van der Waals surface area (Å²) in [4.78, 5) is 25.9. The molecule has 1 aliphatic heterocycles. The number of benzene rings is 1. The van der Waals surface area contributed by atoms with Gasteiger partial charge in [-0.2, -0.15) is 0 Å². The largest absolute Gasteiger partial charge is 0.508 e. The van der Waals surface area contributed by atoms with Gasteiger partial charge in [0.15, 0.2) is 0 Å². The molecule has 0 spiro atoms. The van der Waals surface area contributed by atoms with Crippen LogP contribution in [-0.2, 0) is 14.3 Å². The number of phenolic OH excluding ortho intramolecular Hbond substituents is 1. The molecule has 1 amide bonds. The number of ether oxygens (including phenoxy) is 1. The molecular weight excluding hydrogens is 322 g/mol. The molecule has 1 saturated heterocycles. The van der Waals surface area contributed by atoms with Crippen LogP contribution in [0.25, 0.3) is 6.08 Å². The van der Waals surface area contributed by atoms with E-state index >= 15 is 0 Å². The minimum Gasteiger partial charge on any atom is -0.508 e. The van der Waals surface area contributed by atoms with Gasteiger partial charge in [0, 0.05) is 0 Å². The molecule has 1 aromatic carbocycles. The van der Waals surface area contributed by atoms with E-state index in [0.29, 0.717) is 14.8 Å². The number of carbonyl (C=O) groups excluding carboxylic acids is 2. The van der Waals surface area contributed by atoms with E-state index in [1.54, 1.807) is 44.2 Å². The van der Waals surface area contributed by atoms with Gasteiger partial charge in [0.05, 0.1) is 11.5 Å². The lowest BCUT2D eigenvalue weighted by atomic mass is 10.2. The van der Waals surface area contributed by atoms with Gasteiger partial charge in [0.25, 0.3) is 5.91 Å². The van der Waals surface area contributed by atoms with Crippen LogP contribution in [0.4, 0.5) is 0 Å². The monoisotopic (exact) mass is 337 g/mol. The van der Waals surface area contributed by atoms with Gasteiger partial charge in [-0.25, -0.2) is 4.79 Å². The van der Waals surface area contributed by atoms with Crippen LogP contribution >= 0.6 is 24.0 Å². The number of phenols is 1. The fraction of sp³-hybridized carbons (Fsp3) is 0.267. The smallest absolute Gasteiger partial charge is 0.329 e. The number of esters is 1. The summed E-state index contributed by atoms with van der Waals surface area (Å²) in [5, 5.41) is 9.46. The van der Waals surface area contributed by atoms with Gasteiger partial charge >= 0.3 is 5.97 Å². The Morgan fingerprint density at radius 3 is 2.91 bits per heavy atom. The Morgan fingerprint density at radius 1 is 1.55 bits per heavy atom. The van der Waals surface area contributed by atoms with E-state index in [0.717, 1.165) is 11.8 Å². The van der Waals surface area contributed by atoms with Crippen molar-refractivity contribution in [2.24, 2.45) is 0 Å². The fourth-order valence-electron chi connectivity index (χ4n) is 1.95. The number of nitrogens with zero attached hydrogens (tertiary/aromatic N) is 1. The van der Waals surface area contributed by atoms with Crippen LogP contribution in [0.2, 0.25) is 0 Å². The molecule has 1 unspecified atom stereocenters. The van der Waals surface area contributed by atoms with E-state index in [1.165, 1.54) is 4.90 Å². The number of hydrogen-bond acceptors (Lipinski definition) is 6. The van der Waals surface area contributed by atoms with Crippen LogP contribution < -0.4 is 0 Å². The second-order valence-corrected chi connectivity index (χ2v) is 6.25. The molecule has 2 rings (SSSR count). The number of hydrogen-bond donors (Lipinski definition) is 1. The fourth-order valence-corrected chi connectivity index (χ4v) is 3.37. The quantitative estimate of drug-likeness (QED) is 0.517. The second-order valence-electron chi connectivity index (χ2n) is 4.57. The Hall–Kier alpha value is -1.86. The third-order valence-corrected chi connectivity index (χ3v) is 4.34. The first kappa shape index (κ1) is 16.5. The van der Waals surface area contributed by atoms with Crippen LogP contribution in [0.5, 0.6) is 5.75 Å². The Kier molecular flexibility index (Phi) is 5.20. The van der Waals surface area contributed by atoms with E-state index in [2.05, 4.69) is 0 Å². The van der Waals surface area contributed by atoms with Gasteiger partial charge in [-0.1, -0.05) is 36.1 Å². The van der Waals surface area contributed by atoms with Crippen molar-refractivity contribution >= 4 is 46.3 Å². The van der Waals surface area contributed by atoms with Crippen molar-refractivity contribution in [3.63, 3.8) is 0 Å². The third kappa shape index (κ3) is 3.48. The summed E-state index contributed by atoms with van der Waals surface area (Å²) in [6.07, 6.45) is 1.64. The highest BCUT2D eigenvalue weighted by molar-refractivity contribution is 8.26. The van der Waals surface area contributed by atoms with Crippen molar-refractivity contribution in [3.8, 4) is 5.75 Å². The summed E-state index contributed by atoms with van der Waals surface area (Å²) < 4.78 is 5.24. The predicted octanol–water partition coefficient (Wildman–Crippen LogP) is 2.55. The van der Waals surface area contributed by atoms with Crippen LogP contribution in [0.1, 0.15) is 19.4 Å². The van der Waals surface area contributed by atoms with Crippen LogP contribution in [0.3, 0.4) is 0 Å². The molecule has 1 aliphatic rings. The van der Waals surface area contributed by atoms with Gasteiger partial charge in [-0.3, -0.25) is 9.69 Å². The van der Waals surface area contributed by atoms with E-state index < -0.39 is 12.0 Å². The standard InChI is InChI=1S/C15H15NO4S2/c1-3-20-14(19)9(2)16-13(18)12(22-15(16)21)8-10-5-4-6-11(17)7-10/h4-9,17H,3H2,1-2H3/b12-8-. The van der Waals surface area contributed by atoms with Crippen molar-refractivity contribution in [1.29, 1.82) is 0 Å². The molecule has 0 bridgehead atoms. The molecule has 116 valence electrons. The first-order valence-electron chi connectivity index (χ1n) is 6.66. The lowest BCUT2D eigenvalue weighted by molar-refractivity contribution is -0.149. The molecule has 5 nitrogen and oxygen atoms in total. The third-order valence-electron chi connectivity index (χ3n) is 3.01. The highest BCUT2D eigenvalue weighted by atomic mass is 32.2. The molecule has 1 fully saturated rings. The Labute approximate surface area is 137 Å². The topological polar surface area (TPSA) is 66.8 Å². The summed E-state index contributed by atoms with van der Waals surface area (Å²) >= 11 is 6.31. The van der Waals surface area contributed by atoms with Crippen molar-refractivity contribution in [2.45, 2.75) is 19.9 Å². The molecule has 0 aromatic heterocycles. The highest BCUT2D eigenvalue weighted by Gasteiger charge is 2.38. The molecule has 7 heteroatoms. The summed E-state index contributed by atoms with van der Waals surface area (Å²) in [6.45, 7) is 3.54. The first-order chi connectivity index (χ1) is 10.4. The lowest BCUT2D eigenvalue weighted by Crippen LogP contribution is -2.42. The van der Waals surface area contributed by atoms with Gasteiger partial charge in [0.2, 0.25) is 0 Å². The van der Waals surface area contributed by atoms with Gasteiger partial charge < -0.3 is 9.84 Å².